The Labute approximate surface area is 407 Å². The van der Waals surface area contributed by atoms with Crippen molar-refractivity contribution in [2.45, 2.75) is 275 Å². The van der Waals surface area contributed by atoms with E-state index in [4.69, 9.17) is 33.2 Å². The maximum atomic E-state index is 13.1. The van der Waals surface area contributed by atoms with Crippen LogP contribution in [0.5, 0.6) is 0 Å². The first-order valence-corrected chi connectivity index (χ1v) is 26.7. The molecule has 0 aromatic carbocycles. The molecule has 6 rings (SSSR count). The Morgan fingerprint density at radius 2 is 1.41 bits per heavy atom. The molecule has 0 bridgehead atoms. The van der Waals surface area contributed by atoms with E-state index in [0.29, 0.717) is 83.5 Å². The highest BCUT2D eigenvalue weighted by Gasteiger charge is 2.67. The van der Waals surface area contributed by atoms with Crippen molar-refractivity contribution >= 4 is 11.9 Å². The second-order valence-corrected chi connectivity index (χ2v) is 23.7. The normalized spacial score (nSPS) is 47.6. The van der Waals surface area contributed by atoms with Gasteiger partial charge in [0.25, 0.3) is 0 Å². The Hall–Kier alpha value is -1.34. The fourth-order valence-electron chi connectivity index (χ4n) is 13.2. The highest BCUT2D eigenvalue weighted by atomic mass is 16.7. The van der Waals surface area contributed by atoms with Crippen molar-refractivity contribution in [3.05, 3.63) is 0 Å². The van der Waals surface area contributed by atoms with Gasteiger partial charge in [0.2, 0.25) is 0 Å². The summed E-state index contributed by atoms with van der Waals surface area (Å²) in [6, 6.07) is 0. The molecule has 0 amide bonds. The van der Waals surface area contributed by atoms with Gasteiger partial charge in [0.1, 0.15) is 11.7 Å². The van der Waals surface area contributed by atoms with Crippen molar-refractivity contribution in [1.29, 1.82) is 0 Å². The molecule has 6 heterocycles. The summed E-state index contributed by atoms with van der Waals surface area (Å²) in [4.78, 5) is 25.7. The number of aliphatic hydroxyl groups is 6. The molecule has 6 saturated heterocycles. The monoisotopic (exact) mass is 969 g/mol. The molecule has 6 aliphatic heterocycles. The lowest BCUT2D eigenvalue weighted by Gasteiger charge is -2.52. The van der Waals surface area contributed by atoms with Gasteiger partial charge in [-0.25, -0.2) is 0 Å². The summed E-state index contributed by atoms with van der Waals surface area (Å²) in [6.07, 6.45) is 1.76. The average Bonchev–Trinajstić information content (AvgIpc) is 3.80. The molecule has 0 aliphatic carbocycles. The van der Waals surface area contributed by atoms with Crippen LogP contribution in [-0.4, -0.2) is 132 Å². The Kier molecular flexibility index (Phi) is 17.5. The third-order valence-electron chi connectivity index (χ3n) is 18.5. The zero-order valence-electron chi connectivity index (χ0n) is 43.8. The van der Waals surface area contributed by atoms with Crippen LogP contribution in [-0.2, 0) is 42.7 Å². The van der Waals surface area contributed by atoms with Crippen LogP contribution >= 0.6 is 0 Å². The van der Waals surface area contributed by atoms with E-state index in [1.165, 1.54) is 0 Å². The molecule has 0 aromatic rings. The first-order chi connectivity index (χ1) is 31.6. The summed E-state index contributed by atoms with van der Waals surface area (Å²) in [7, 11) is 0. The molecule has 0 radical (unpaired) electrons. The maximum absolute atomic E-state index is 13.1. The van der Waals surface area contributed by atoms with Gasteiger partial charge < -0.3 is 63.8 Å². The molecule has 68 heavy (non-hydrogen) atoms. The Morgan fingerprint density at radius 1 is 0.735 bits per heavy atom. The number of hydrogen-bond donors (Lipinski definition) is 6. The van der Waals surface area contributed by atoms with Crippen molar-refractivity contribution in [2.75, 3.05) is 0 Å². The zero-order valence-corrected chi connectivity index (χ0v) is 43.8. The van der Waals surface area contributed by atoms with Crippen molar-refractivity contribution < 1.29 is 73.4 Å². The molecule has 6 N–H and O–H groups in total. The van der Waals surface area contributed by atoms with Crippen LogP contribution < -0.4 is 0 Å². The molecule has 22 atom stereocenters. The lowest BCUT2D eigenvalue weighted by molar-refractivity contribution is -0.373. The summed E-state index contributed by atoms with van der Waals surface area (Å²) >= 11 is 0. The van der Waals surface area contributed by atoms with E-state index in [2.05, 4.69) is 0 Å². The van der Waals surface area contributed by atoms with Crippen LogP contribution in [0.2, 0.25) is 0 Å². The van der Waals surface area contributed by atoms with E-state index >= 15 is 0 Å². The number of ether oxygens (including phenoxy) is 7. The highest BCUT2D eigenvalue weighted by Crippen LogP contribution is 2.56. The molecule has 0 saturated carbocycles. The Balaban J connectivity index is 1.07. The van der Waals surface area contributed by atoms with Crippen LogP contribution in [0.1, 0.15) is 186 Å². The molecule has 15 heteroatoms. The summed E-state index contributed by atoms with van der Waals surface area (Å²) in [5.74, 6) is -9.11. The van der Waals surface area contributed by atoms with Crippen molar-refractivity contribution in [3.63, 3.8) is 0 Å². The predicted molar refractivity (Wildman–Crippen MR) is 252 cm³/mol. The minimum atomic E-state index is -2.04. The van der Waals surface area contributed by atoms with Gasteiger partial charge in [-0.1, -0.05) is 62.3 Å². The van der Waals surface area contributed by atoms with Crippen LogP contribution in [0.4, 0.5) is 0 Å². The van der Waals surface area contributed by atoms with Gasteiger partial charge in [0.05, 0.1) is 71.9 Å². The fourth-order valence-corrected chi connectivity index (χ4v) is 13.2. The minimum Gasteiger partial charge on any atom is -0.393 e. The molecular formula is C53H92O15. The van der Waals surface area contributed by atoms with Crippen LogP contribution in [0.15, 0.2) is 0 Å². The SMILES string of the molecule is CCC(CC)C(=O)OC(=O)[C@H](C)[C@H]1O[C@@H](C[C@@H](O)[C@H](C)[C@H]2CC[C@H](C)[C@@](O)(C[C@H]3O[C@@](O)([C@H](O)[C@@H]4CC[C@@](C)([C@]5(O)O[C@](C)([C@H]6CC[C@@](C)(O)[C@H](CC)O6)C[C@H]5C)O4)[C@H](C)C[C@@H]3C)O2)CC[C@@H]1C. The zero-order chi connectivity index (χ0) is 50.5. The molecule has 0 aromatic heterocycles. The summed E-state index contributed by atoms with van der Waals surface area (Å²) in [5, 5.41) is 71.9. The van der Waals surface area contributed by atoms with Gasteiger partial charge in [-0.2, -0.15) is 0 Å². The largest absolute Gasteiger partial charge is 0.393 e. The summed E-state index contributed by atoms with van der Waals surface area (Å²) in [5.41, 5.74) is -3.03. The number of rotatable bonds is 16. The average molecular weight is 969 g/mol. The van der Waals surface area contributed by atoms with Crippen LogP contribution in [0, 0.1) is 47.3 Å². The Bertz CT molecular complexity index is 1710. The van der Waals surface area contributed by atoms with Gasteiger partial charge in [0, 0.05) is 30.1 Å². The first-order valence-electron chi connectivity index (χ1n) is 26.7. The van der Waals surface area contributed by atoms with E-state index in [1.54, 1.807) is 20.8 Å². The number of esters is 2. The Morgan fingerprint density at radius 3 is 2.06 bits per heavy atom. The third kappa shape index (κ3) is 11.0. The van der Waals surface area contributed by atoms with Crippen LogP contribution in [0.25, 0.3) is 0 Å². The fraction of sp³-hybridized carbons (Fsp3) is 0.962. The standard InChI is InChI=1S/C53H92O15/c1-14-36(15-2)47(57)64-46(56)35(10)44-29(4)17-19-37(62-44)26-38(54)34(9)39-20-18-31(6)51(59,66-39)28-41-30(5)25-32(7)52(60,67-41)45(55)40-21-24-50(13,65-40)53(61)33(8)27-49(12,68-53)43-22-23-48(11,58)42(16-3)63-43/h29-45,54-55,58-61H,14-28H2,1-13H3/t29-,30-,31-,32+,33+,34-,35+,37+,38+,39+,40-,41+,42-,43+,44-,45+,48+,49-,50-,51+,52+,53+/m0/s1. The van der Waals surface area contributed by atoms with E-state index < -0.39 is 94.6 Å². The van der Waals surface area contributed by atoms with Gasteiger partial charge in [0.15, 0.2) is 17.4 Å². The predicted octanol–water partition coefficient (Wildman–Crippen LogP) is 6.85. The molecule has 394 valence electrons. The van der Waals surface area contributed by atoms with E-state index in [1.807, 2.05) is 69.2 Å². The van der Waals surface area contributed by atoms with E-state index in [0.717, 1.165) is 6.42 Å². The lowest BCUT2D eigenvalue weighted by atomic mass is 9.76. The number of aliphatic hydroxyl groups excluding tert-OH is 2. The third-order valence-corrected chi connectivity index (χ3v) is 18.5. The minimum absolute atomic E-state index is 0.0277. The number of hydrogen-bond acceptors (Lipinski definition) is 15. The van der Waals surface area contributed by atoms with Crippen molar-refractivity contribution in [1.82, 2.24) is 0 Å². The molecule has 0 unspecified atom stereocenters. The smallest absolute Gasteiger partial charge is 0.318 e. The van der Waals surface area contributed by atoms with Gasteiger partial charge in [-0.15, -0.1) is 0 Å². The first kappa shape index (κ1) is 56.0. The van der Waals surface area contributed by atoms with E-state index in [9.17, 15) is 40.2 Å². The molecule has 15 nitrogen and oxygen atoms in total. The maximum Gasteiger partial charge on any atom is 0.318 e. The molecule has 6 fully saturated rings. The summed E-state index contributed by atoms with van der Waals surface area (Å²) in [6.45, 7) is 24.7. The molecular weight excluding hydrogens is 877 g/mol. The second kappa shape index (κ2) is 21.2. The van der Waals surface area contributed by atoms with Gasteiger partial charge >= 0.3 is 11.9 Å². The van der Waals surface area contributed by atoms with Gasteiger partial charge in [-0.3, -0.25) is 9.59 Å². The second-order valence-electron chi connectivity index (χ2n) is 23.7. The molecule has 6 aliphatic rings. The van der Waals surface area contributed by atoms with Crippen LogP contribution in [0.3, 0.4) is 0 Å². The lowest BCUT2D eigenvalue weighted by Crippen LogP contribution is -2.63. The van der Waals surface area contributed by atoms with Crippen molar-refractivity contribution in [2.24, 2.45) is 47.3 Å². The topological polar surface area (TPSA) is 220 Å². The van der Waals surface area contributed by atoms with Crippen molar-refractivity contribution in [3.8, 4) is 0 Å². The highest BCUT2D eigenvalue weighted by molar-refractivity contribution is 5.88. The molecule has 0 spiro atoms. The van der Waals surface area contributed by atoms with Gasteiger partial charge in [-0.05, 0) is 129 Å². The number of carbonyl (C=O) groups excluding carboxylic acids is 2. The number of carbonyl (C=O) groups is 2. The quantitative estimate of drug-likeness (QED) is 0.0688. The summed E-state index contributed by atoms with van der Waals surface area (Å²) < 4.78 is 44.6. The van der Waals surface area contributed by atoms with E-state index in [-0.39, 0.29) is 60.2 Å².